The number of nitrogens with zero attached hydrogens (tertiary/aromatic N) is 2. The number of hydrogen-bond acceptors (Lipinski definition) is 3. The molecule has 42 heavy (non-hydrogen) atoms. The van der Waals surface area contributed by atoms with Crippen molar-refractivity contribution in [1.82, 2.24) is 9.97 Å². The summed E-state index contributed by atoms with van der Waals surface area (Å²) in [6, 6.07) is 45.4. The molecule has 4 aromatic carbocycles. The van der Waals surface area contributed by atoms with Gasteiger partial charge in [0.25, 0.3) is 0 Å². The van der Waals surface area contributed by atoms with E-state index in [0.717, 1.165) is 50.9 Å². The minimum absolute atomic E-state index is 0. The molecule has 0 aliphatic heterocycles. The smallest absolute Gasteiger partial charge is 0.120 e. The van der Waals surface area contributed by atoms with E-state index in [0.29, 0.717) is 5.92 Å². The third-order valence-electron chi connectivity index (χ3n) is 7.11. The number of benzene rings is 4. The third-order valence-corrected chi connectivity index (χ3v) is 7.11. The van der Waals surface area contributed by atoms with E-state index in [2.05, 4.69) is 96.6 Å². The largest absolute Gasteiger partial charge is 0.501 e. The maximum absolute atomic E-state index is 6.07. The van der Waals surface area contributed by atoms with E-state index in [9.17, 15) is 0 Å². The van der Waals surface area contributed by atoms with Gasteiger partial charge < -0.3 is 14.4 Å². The zero-order valence-corrected chi connectivity index (χ0v) is 25.9. The predicted octanol–water partition coefficient (Wildman–Crippen LogP) is 9.71. The van der Waals surface area contributed by atoms with Gasteiger partial charge in [0.2, 0.25) is 0 Å². The van der Waals surface area contributed by atoms with Crippen molar-refractivity contribution in [3.63, 3.8) is 0 Å². The zero-order chi connectivity index (χ0) is 28.0. The van der Waals surface area contributed by atoms with Crippen LogP contribution in [0.4, 0.5) is 0 Å². The second-order valence-electron chi connectivity index (χ2n) is 10.3. The molecular weight excluding hydrogens is 693 g/mol. The van der Waals surface area contributed by atoms with Crippen LogP contribution in [0.3, 0.4) is 0 Å². The van der Waals surface area contributed by atoms with Gasteiger partial charge >= 0.3 is 0 Å². The van der Waals surface area contributed by atoms with Crippen LogP contribution in [0.15, 0.2) is 132 Å². The quantitative estimate of drug-likeness (QED) is 0.166. The molecule has 7 rings (SSSR count). The average molecular weight is 723 g/mol. The van der Waals surface area contributed by atoms with Gasteiger partial charge in [-0.3, -0.25) is 0 Å². The second-order valence-corrected chi connectivity index (χ2v) is 10.3. The first-order valence-corrected chi connectivity index (χ1v) is 13.9. The Balaban J connectivity index is 0.000000166. The number of pyridine rings is 2. The monoisotopic (exact) mass is 723 g/mol. The van der Waals surface area contributed by atoms with E-state index < -0.39 is 0 Å². The van der Waals surface area contributed by atoms with Gasteiger partial charge in [0.1, 0.15) is 5.58 Å². The van der Waals surface area contributed by atoms with E-state index >= 15 is 0 Å². The van der Waals surface area contributed by atoms with Crippen LogP contribution in [-0.4, -0.2) is 9.97 Å². The molecule has 0 bridgehead atoms. The molecule has 0 saturated heterocycles. The summed E-state index contributed by atoms with van der Waals surface area (Å²) in [5, 5.41) is 2.24. The molecule has 0 aliphatic rings. The minimum atomic E-state index is 0. The Kier molecular flexibility index (Phi) is 9.38. The Labute approximate surface area is 260 Å². The number of hydrogen-bond donors (Lipinski definition) is 0. The minimum Gasteiger partial charge on any atom is -0.501 e. The summed E-state index contributed by atoms with van der Waals surface area (Å²) in [4.78, 5) is 8.94. The topological polar surface area (TPSA) is 38.9 Å². The number of furan rings is 1. The molecule has 3 heterocycles. The van der Waals surface area contributed by atoms with Crippen molar-refractivity contribution < 1.29 is 24.5 Å². The molecule has 0 atom stereocenters. The average Bonchev–Trinajstić information content (AvgIpc) is 3.42. The van der Waals surface area contributed by atoms with E-state index in [-0.39, 0.29) is 20.1 Å². The molecule has 0 unspecified atom stereocenters. The summed E-state index contributed by atoms with van der Waals surface area (Å²) in [7, 11) is 0. The summed E-state index contributed by atoms with van der Waals surface area (Å²) in [6.45, 7) is 4.37. The molecule has 209 valence electrons. The normalized spacial score (nSPS) is 10.7. The summed E-state index contributed by atoms with van der Waals surface area (Å²) >= 11 is 0. The molecule has 7 aromatic rings. The zero-order valence-electron chi connectivity index (χ0n) is 23.5. The van der Waals surface area contributed by atoms with Crippen molar-refractivity contribution in [2.75, 3.05) is 0 Å². The second kappa shape index (κ2) is 13.5. The molecule has 3 aromatic heterocycles. The van der Waals surface area contributed by atoms with Crippen LogP contribution in [0.1, 0.15) is 36.5 Å². The molecule has 1 radical (unpaired) electrons. The molecule has 0 N–H and O–H groups in total. The van der Waals surface area contributed by atoms with Gasteiger partial charge in [-0.2, -0.15) is 0 Å². The summed E-state index contributed by atoms with van der Waals surface area (Å²) in [5.74, 6) is 0.469. The van der Waals surface area contributed by atoms with Crippen molar-refractivity contribution >= 4 is 21.9 Å². The van der Waals surface area contributed by atoms with Crippen LogP contribution < -0.4 is 0 Å². The molecule has 0 aliphatic carbocycles. The molecule has 0 amide bonds. The van der Waals surface area contributed by atoms with Crippen molar-refractivity contribution in [3.05, 3.63) is 156 Å². The molecule has 3 nitrogen and oxygen atoms in total. The van der Waals surface area contributed by atoms with Gasteiger partial charge in [-0.15, -0.1) is 54.1 Å². The molecule has 4 heteroatoms. The van der Waals surface area contributed by atoms with Crippen LogP contribution in [-0.2, 0) is 26.5 Å². The fourth-order valence-electron chi connectivity index (χ4n) is 4.94. The Morgan fingerprint density at radius 3 is 2.24 bits per heavy atom. The molecule has 0 fully saturated rings. The molecular formula is C38H30IrN2O-2. The maximum Gasteiger partial charge on any atom is 0.120 e. The first-order valence-electron chi connectivity index (χ1n) is 13.9. The Morgan fingerprint density at radius 1 is 0.667 bits per heavy atom. The molecule has 0 spiro atoms. The van der Waals surface area contributed by atoms with Crippen LogP contribution in [0.25, 0.3) is 44.5 Å². The Hall–Kier alpha value is -4.37. The maximum atomic E-state index is 6.07. The summed E-state index contributed by atoms with van der Waals surface area (Å²) < 4.78 is 6.07. The Bertz CT molecular complexity index is 1900. The van der Waals surface area contributed by atoms with Gasteiger partial charge in [-0.25, -0.2) is 0 Å². The number of para-hydroxylation sites is 1. The van der Waals surface area contributed by atoms with Gasteiger partial charge in [0.15, 0.2) is 0 Å². The van der Waals surface area contributed by atoms with Crippen molar-refractivity contribution in [1.29, 1.82) is 0 Å². The fraction of sp³-hybridized carbons (Fsp3) is 0.105. The van der Waals surface area contributed by atoms with Crippen molar-refractivity contribution in [2.45, 2.75) is 26.2 Å². The number of rotatable bonds is 5. The summed E-state index contributed by atoms with van der Waals surface area (Å²) in [6.07, 6.45) is 4.66. The van der Waals surface area contributed by atoms with Gasteiger partial charge in [0.05, 0.1) is 5.58 Å². The first kappa shape index (κ1) is 29.1. The standard InChI is InChI=1S/C20H16NO.C18H14N.Ir/c1-13(2)14-10-11-21-18(12-14)17-8-5-7-16-15-6-3-4-9-19(15)22-20(16)17;1-3-7-15(8-4-1)13-16-11-12-19-18(14-16)17-9-5-2-6-10-17;/h3-7,9-13H,1-2H3;1-9,11-12,14H,13H2;/q2*-1;. The van der Waals surface area contributed by atoms with Gasteiger partial charge in [-0.05, 0) is 53.1 Å². The van der Waals surface area contributed by atoms with Crippen molar-refractivity contribution in [2.24, 2.45) is 0 Å². The van der Waals surface area contributed by atoms with Crippen LogP contribution in [0.5, 0.6) is 0 Å². The summed E-state index contributed by atoms with van der Waals surface area (Å²) in [5.41, 5.74) is 9.48. The van der Waals surface area contributed by atoms with E-state index in [4.69, 9.17) is 4.42 Å². The van der Waals surface area contributed by atoms with Crippen LogP contribution in [0.2, 0.25) is 0 Å². The van der Waals surface area contributed by atoms with Crippen LogP contribution in [0, 0.1) is 12.1 Å². The van der Waals surface area contributed by atoms with Gasteiger partial charge in [0, 0.05) is 37.9 Å². The fourth-order valence-corrected chi connectivity index (χ4v) is 4.94. The van der Waals surface area contributed by atoms with E-state index in [1.54, 1.807) is 0 Å². The van der Waals surface area contributed by atoms with Crippen LogP contribution >= 0.6 is 0 Å². The van der Waals surface area contributed by atoms with E-state index in [1.807, 2.05) is 67.0 Å². The Morgan fingerprint density at radius 2 is 1.43 bits per heavy atom. The predicted molar refractivity (Wildman–Crippen MR) is 168 cm³/mol. The SMILES string of the molecule is CC(C)c1ccnc(-c2[c-]ccc3c2oc2ccccc23)c1.[Ir].[c-]1ccccc1-c1cc(Cc2ccccc2)ccn1. The number of fused-ring (bicyclic) bond motifs is 3. The molecule has 0 saturated carbocycles. The van der Waals surface area contributed by atoms with E-state index in [1.165, 1.54) is 16.7 Å². The number of aromatic nitrogens is 2. The third kappa shape index (κ3) is 6.57. The first-order chi connectivity index (χ1) is 20.2. The van der Waals surface area contributed by atoms with Gasteiger partial charge in [-0.1, -0.05) is 91.0 Å². The van der Waals surface area contributed by atoms with Crippen molar-refractivity contribution in [3.8, 4) is 22.5 Å².